The molecule has 5 N–H and O–H groups in total. The van der Waals surface area contributed by atoms with Crippen LogP contribution in [0.25, 0.3) is 0 Å². The third kappa shape index (κ3) is 2.43. The predicted octanol–water partition coefficient (Wildman–Crippen LogP) is 1.26. The number of nitrogens with one attached hydrogen (secondary N) is 3. The molecule has 0 saturated carbocycles. The molecule has 0 radical (unpaired) electrons. The fourth-order valence-corrected chi connectivity index (χ4v) is 1.52. The monoisotopic (exact) mass is 231 g/mol. The van der Waals surface area contributed by atoms with Gasteiger partial charge in [-0.2, -0.15) is 0 Å². The second kappa shape index (κ2) is 4.67. The lowest BCUT2D eigenvalue weighted by Crippen LogP contribution is -2.15. The van der Waals surface area contributed by atoms with Gasteiger partial charge in [0.2, 0.25) is 5.95 Å². The van der Waals surface area contributed by atoms with Crippen LogP contribution >= 0.6 is 0 Å². The lowest BCUT2D eigenvalue weighted by Gasteiger charge is -2.07. The third-order valence-corrected chi connectivity index (χ3v) is 2.37. The van der Waals surface area contributed by atoms with Crippen LogP contribution in [0.2, 0.25) is 0 Å². The number of benzene rings is 1. The van der Waals surface area contributed by atoms with Gasteiger partial charge in [0.1, 0.15) is 0 Å². The number of nitrogens with zero attached hydrogens (tertiary/aromatic N) is 1. The standard InChI is InChI=1S/C11H13N5O/c1-7-6-8(16-12)2-3-9(7)10(17)15-11-13-4-5-14-11/h2-6,16H,12H2,1H3,(H2,13,14,15,17). The molecule has 2 rings (SSSR count). The van der Waals surface area contributed by atoms with E-state index < -0.39 is 0 Å². The number of amides is 1. The highest BCUT2D eigenvalue weighted by atomic mass is 16.1. The van der Waals surface area contributed by atoms with Crippen molar-refractivity contribution >= 4 is 17.5 Å². The largest absolute Gasteiger partial charge is 0.331 e. The van der Waals surface area contributed by atoms with Crippen molar-refractivity contribution < 1.29 is 4.79 Å². The van der Waals surface area contributed by atoms with Gasteiger partial charge in [0.15, 0.2) is 0 Å². The van der Waals surface area contributed by atoms with Crippen LogP contribution < -0.4 is 16.6 Å². The molecular weight excluding hydrogens is 218 g/mol. The number of aryl methyl sites for hydroxylation is 1. The Kier molecular flexibility index (Phi) is 3.06. The zero-order valence-corrected chi connectivity index (χ0v) is 9.32. The number of carbonyl (C=O) groups is 1. The number of rotatable bonds is 3. The zero-order chi connectivity index (χ0) is 12.3. The number of aromatic amines is 1. The van der Waals surface area contributed by atoms with Crippen molar-refractivity contribution in [1.29, 1.82) is 0 Å². The average Bonchev–Trinajstić information content (AvgIpc) is 2.81. The molecule has 0 aliphatic heterocycles. The normalized spacial score (nSPS) is 10.0. The number of carbonyl (C=O) groups excluding carboxylic acids is 1. The highest BCUT2D eigenvalue weighted by molar-refractivity contribution is 6.04. The lowest BCUT2D eigenvalue weighted by atomic mass is 10.1. The maximum Gasteiger partial charge on any atom is 0.258 e. The smallest absolute Gasteiger partial charge is 0.258 e. The SMILES string of the molecule is Cc1cc(NN)ccc1C(=O)Nc1ncc[nH]1. The third-order valence-electron chi connectivity index (χ3n) is 2.37. The Morgan fingerprint density at radius 2 is 2.29 bits per heavy atom. The van der Waals surface area contributed by atoms with E-state index in [1.54, 1.807) is 30.6 Å². The van der Waals surface area contributed by atoms with E-state index in [9.17, 15) is 4.79 Å². The Balaban J connectivity index is 2.19. The molecule has 1 heterocycles. The molecule has 6 heteroatoms. The van der Waals surface area contributed by atoms with Crippen molar-refractivity contribution in [2.24, 2.45) is 5.84 Å². The molecule has 0 bridgehead atoms. The summed E-state index contributed by atoms with van der Waals surface area (Å²) in [5, 5.41) is 2.66. The summed E-state index contributed by atoms with van der Waals surface area (Å²) in [4.78, 5) is 18.6. The second-order valence-electron chi connectivity index (χ2n) is 3.57. The highest BCUT2D eigenvalue weighted by Gasteiger charge is 2.10. The number of nitrogen functional groups attached to an aromatic ring is 1. The predicted molar refractivity (Wildman–Crippen MR) is 65.5 cm³/mol. The Morgan fingerprint density at radius 1 is 1.47 bits per heavy atom. The van der Waals surface area contributed by atoms with Crippen molar-refractivity contribution in [2.45, 2.75) is 6.92 Å². The molecule has 0 fully saturated rings. The Morgan fingerprint density at radius 3 is 2.88 bits per heavy atom. The van der Waals surface area contributed by atoms with Gasteiger partial charge in [-0.25, -0.2) is 4.98 Å². The molecule has 1 aromatic heterocycles. The molecule has 88 valence electrons. The van der Waals surface area contributed by atoms with Crippen molar-refractivity contribution in [3.05, 3.63) is 41.7 Å². The molecule has 1 amide bonds. The minimum Gasteiger partial charge on any atom is -0.331 e. The molecule has 0 aliphatic rings. The van der Waals surface area contributed by atoms with Crippen LogP contribution in [0.15, 0.2) is 30.6 Å². The summed E-state index contributed by atoms with van der Waals surface area (Å²) in [7, 11) is 0. The van der Waals surface area contributed by atoms with Gasteiger partial charge in [-0.15, -0.1) is 0 Å². The van der Waals surface area contributed by atoms with E-state index in [1.807, 2.05) is 6.92 Å². The maximum absolute atomic E-state index is 11.9. The number of aromatic nitrogens is 2. The van der Waals surface area contributed by atoms with E-state index in [0.29, 0.717) is 11.5 Å². The first-order valence-electron chi connectivity index (χ1n) is 5.08. The summed E-state index contributed by atoms with van der Waals surface area (Å²) >= 11 is 0. The van der Waals surface area contributed by atoms with Crippen LogP contribution in [-0.4, -0.2) is 15.9 Å². The minimum atomic E-state index is -0.207. The molecule has 2 aromatic rings. The summed E-state index contributed by atoms with van der Waals surface area (Å²) < 4.78 is 0. The second-order valence-corrected chi connectivity index (χ2v) is 3.57. The molecular formula is C11H13N5O. The van der Waals surface area contributed by atoms with Crippen molar-refractivity contribution in [1.82, 2.24) is 9.97 Å². The summed E-state index contributed by atoms with van der Waals surface area (Å²) in [6.45, 7) is 1.85. The first-order valence-corrected chi connectivity index (χ1v) is 5.08. The molecule has 0 saturated heterocycles. The van der Waals surface area contributed by atoms with Crippen LogP contribution in [-0.2, 0) is 0 Å². The summed E-state index contributed by atoms with van der Waals surface area (Å²) in [5.41, 5.74) is 4.71. The molecule has 1 aromatic carbocycles. The van der Waals surface area contributed by atoms with Crippen molar-refractivity contribution in [2.75, 3.05) is 10.7 Å². The van der Waals surface area contributed by atoms with Gasteiger partial charge in [-0.05, 0) is 30.7 Å². The number of H-pyrrole nitrogens is 1. The van der Waals surface area contributed by atoms with Gasteiger partial charge in [-0.3, -0.25) is 16.0 Å². The fraction of sp³-hybridized carbons (Fsp3) is 0.0909. The minimum absolute atomic E-state index is 0.207. The summed E-state index contributed by atoms with van der Waals surface area (Å²) in [5.74, 6) is 5.51. The van der Waals surface area contributed by atoms with Crippen molar-refractivity contribution in [3.63, 3.8) is 0 Å². The first-order chi connectivity index (χ1) is 8.20. The van der Waals surface area contributed by atoms with Gasteiger partial charge in [0, 0.05) is 23.6 Å². The molecule has 6 nitrogen and oxygen atoms in total. The number of nitrogens with two attached hydrogens (primary N) is 1. The summed E-state index contributed by atoms with van der Waals surface area (Å²) in [6.07, 6.45) is 3.22. The molecule has 0 atom stereocenters. The zero-order valence-electron chi connectivity index (χ0n) is 9.32. The van der Waals surface area contributed by atoms with Crippen LogP contribution in [0, 0.1) is 6.92 Å². The van der Waals surface area contributed by atoms with E-state index in [2.05, 4.69) is 20.7 Å². The maximum atomic E-state index is 11.9. The van der Waals surface area contributed by atoms with E-state index in [-0.39, 0.29) is 5.91 Å². The average molecular weight is 231 g/mol. The summed E-state index contributed by atoms with van der Waals surface area (Å²) in [6, 6.07) is 5.25. The Hall–Kier alpha value is -2.34. The first kappa shape index (κ1) is 11.2. The lowest BCUT2D eigenvalue weighted by molar-refractivity contribution is 0.102. The molecule has 0 aliphatic carbocycles. The Bertz CT molecular complexity index is 521. The van der Waals surface area contributed by atoms with E-state index in [0.717, 1.165) is 11.3 Å². The quantitative estimate of drug-likeness (QED) is 0.472. The topological polar surface area (TPSA) is 95.8 Å². The number of hydrazine groups is 1. The fourth-order valence-electron chi connectivity index (χ4n) is 1.52. The number of hydrogen-bond acceptors (Lipinski definition) is 4. The van der Waals surface area contributed by atoms with Gasteiger partial charge in [0.05, 0.1) is 0 Å². The van der Waals surface area contributed by atoms with Crippen LogP contribution in [0.5, 0.6) is 0 Å². The number of hydrogen-bond donors (Lipinski definition) is 4. The van der Waals surface area contributed by atoms with Gasteiger partial charge in [0.25, 0.3) is 5.91 Å². The van der Waals surface area contributed by atoms with E-state index in [4.69, 9.17) is 5.84 Å². The number of anilines is 2. The molecule has 0 unspecified atom stereocenters. The van der Waals surface area contributed by atoms with Crippen LogP contribution in [0.1, 0.15) is 15.9 Å². The van der Waals surface area contributed by atoms with E-state index >= 15 is 0 Å². The van der Waals surface area contributed by atoms with Crippen LogP contribution in [0.4, 0.5) is 11.6 Å². The van der Waals surface area contributed by atoms with Gasteiger partial charge >= 0.3 is 0 Å². The Labute approximate surface area is 98.2 Å². The van der Waals surface area contributed by atoms with Crippen LogP contribution in [0.3, 0.4) is 0 Å². The highest BCUT2D eigenvalue weighted by Crippen LogP contribution is 2.15. The van der Waals surface area contributed by atoms with Crippen molar-refractivity contribution in [3.8, 4) is 0 Å². The molecule has 0 spiro atoms. The van der Waals surface area contributed by atoms with Gasteiger partial charge < -0.3 is 10.4 Å². The van der Waals surface area contributed by atoms with E-state index in [1.165, 1.54) is 0 Å². The number of imidazole rings is 1. The molecule has 17 heavy (non-hydrogen) atoms. The van der Waals surface area contributed by atoms with Gasteiger partial charge in [-0.1, -0.05) is 0 Å².